The van der Waals surface area contributed by atoms with E-state index in [2.05, 4.69) is 6.08 Å². The molecule has 0 amide bonds. The summed E-state index contributed by atoms with van der Waals surface area (Å²) in [4.78, 5) is 22.9. The second kappa shape index (κ2) is 8.93. The number of ketones is 1. The highest BCUT2D eigenvalue weighted by atomic mass is 35.5. The van der Waals surface area contributed by atoms with Crippen LogP contribution >= 0.6 is 11.6 Å². The van der Waals surface area contributed by atoms with Gasteiger partial charge in [0.1, 0.15) is 17.1 Å². The summed E-state index contributed by atoms with van der Waals surface area (Å²) in [5, 5.41) is 20.2. The Morgan fingerprint density at radius 3 is 2.54 bits per heavy atom. The fourth-order valence-corrected chi connectivity index (χ4v) is 3.39. The van der Waals surface area contributed by atoms with Gasteiger partial charge in [-0.1, -0.05) is 29.3 Å². The van der Waals surface area contributed by atoms with E-state index in [1.165, 1.54) is 6.07 Å². The summed E-state index contributed by atoms with van der Waals surface area (Å²) < 4.78 is 5.82. The van der Waals surface area contributed by atoms with E-state index in [0.717, 1.165) is 24.0 Å². The highest BCUT2D eigenvalue weighted by Gasteiger charge is 2.40. The number of hydrogen-bond donors (Lipinski definition) is 2. The SMILES string of the molecule is C/C(=C\Cc1c(O)c(Cl)cc(C=O)c1O)CC/C=C(\C)C1CC(=O)C(C)(C)O1. The third-order valence-electron chi connectivity index (χ3n) is 5.13. The number of allylic oxidation sites excluding steroid dienone is 3. The van der Waals surface area contributed by atoms with E-state index in [-0.39, 0.29) is 46.0 Å². The smallest absolute Gasteiger partial charge is 0.167 e. The van der Waals surface area contributed by atoms with Gasteiger partial charge in [-0.3, -0.25) is 9.59 Å². The van der Waals surface area contributed by atoms with Gasteiger partial charge in [-0.05, 0) is 58.6 Å². The largest absolute Gasteiger partial charge is 0.507 e. The lowest BCUT2D eigenvalue weighted by molar-refractivity contribution is -0.129. The van der Waals surface area contributed by atoms with Gasteiger partial charge in [0.05, 0.1) is 16.7 Å². The Morgan fingerprint density at radius 1 is 1.29 bits per heavy atom. The Hall–Kier alpha value is -2.11. The van der Waals surface area contributed by atoms with Crippen molar-refractivity contribution in [1.29, 1.82) is 0 Å². The van der Waals surface area contributed by atoms with Crippen LogP contribution in [0.5, 0.6) is 11.5 Å². The molecule has 1 atom stereocenters. The Bertz CT molecular complexity index is 836. The average molecular weight is 407 g/mol. The number of aldehydes is 1. The first-order chi connectivity index (χ1) is 13.1. The zero-order valence-corrected chi connectivity index (χ0v) is 17.5. The number of rotatable bonds is 7. The summed E-state index contributed by atoms with van der Waals surface area (Å²) in [5.74, 6) is -0.338. The van der Waals surface area contributed by atoms with Gasteiger partial charge in [-0.15, -0.1) is 0 Å². The molecule has 1 fully saturated rings. The highest BCUT2D eigenvalue weighted by Crippen LogP contribution is 2.37. The topological polar surface area (TPSA) is 83.8 Å². The predicted molar refractivity (Wildman–Crippen MR) is 109 cm³/mol. The molecular formula is C22H27ClO5. The Morgan fingerprint density at radius 2 is 1.96 bits per heavy atom. The maximum atomic E-state index is 11.9. The summed E-state index contributed by atoms with van der Waals surface area (Å²) in [5.41, 5.74) is 1.70. The number of phenols is 2. The molecule has 1 aliphatic rings. The zero-order valence-electron chi connectivity index (χ0n) is 16.7. The maximum Gasteiger partial charge on any atom is 0.167 e. The van der Waals surface area contributed by atoms with Crippen molar-refractivity contribution < 1.29 is 24.5 Å². The number of carbonyl (C=O) groups is 2. The fraction of sp³-hybridized carbons (Fsp3) is 0.455. The van der Waals surface area contributed by atoms with Crippen LogP contribution in [0.15, 0.2) is 29.4 Å². The molecule has 0 saturated carbocycles. The minimum absolute atomic E-state index is 0.0357. The van der Waals surface area contributed by atoms with Crippen molar-refractivity contribution in [2.75, 3.05) is 0 Å². The van der Waals surface area contributed by atoms with Gasteiger partial charge >= 0.3 is 0 Å². The molecule has 1 saturated heterocycles. The molecule has 0 bridgehead atoms. The zero-order chi connectivity index (χ0) is 21.1. The molecule has 0 spiro atoms. The molecule has 152 valence electrons. The summed E-state index contributed by atoms with van der Waals surface area (Å²) in [6, 6.07) is 1.24. The van der Waals surface area contributed by atoms with E-state index in [9.17, 15) is 19.8 Å². The Kier molecular flexibility index (Phi) is 7.07. The second-order valence-electron chi connectivity index (χ2n) is 7.73. The molecule has 0 aliphatic carbocycles. The summed E-state index contributed by atoms with van der Waals surface area (Å²) >= 11 is 5.91. The van der Waals surface area contributed by atoms with E-state index >= 15 is 0 Å². The van der Waals surface area contributed by atoms with E-state index in [4.69, 9.17) is 16.3 Å². The standard InChI is InChI=1S/C22H27ClO5/c1-13(6-5-7-14(2)18-11-19(25)22(3,4)28-18)8-9-16-20(26)15(12-24)10-17(23)21(16)27/h7-8,10,12,18,26-27H,5-6,9,11H2,1-4H3/b13-8+,14-7+. The number of ether oxygens (including phenoxy) is 1. The first kappa shape index (κ1) is 22.2. The number of carbonyl (C=O) groups excluding carboxylic acids is 2. The lowest BCUT2D eigenvalue weighted by atomic mass is 10.00. The monoisotopic (exact) mass is 406 g/mol. The van der Waals surface area contributed by atoms with E-state index in [0.29, 0.717) is 12.7 Å². The van der Waals surface area contributed by atoms with E-state index < -0.39 is 5.60 Å². The van der Waals surface area contributed by atoms with Crippen LogP contribution in [0, 0.1) is 0 Å². The highest BCUT2D eigenvalue weighted by molar-refractivity contribution is 6.32. The molecule has 1 unspecified atom stereocenters. The molecular weight excluding hydrogens is 380 g/mol. The van der Waals surface area contributed by atoms with Crippen LogP contribution in [0.3, 0.4) is 0 Å². The van der Waals surface area contributed by atoms with Crippen molar-refractivity contribution in [3.8, 4) is 11.5 Å². The number of hydrogen-bond acceptors (Lipinski definition) is 5. The number of aromatic hydroxyl groups is 2. The molecule has 6 heteroatoms. The number of halogens is 1. The van der Waals surface area contributed by atoms with Gasteiger partial charge in [0, 0.05) is 12.0 Å². The van der Waals surface area contributed by atoms with Gasteiger partial charge in [-0.2, -0.15) is 0 Å². The Labute approximate surface area is 170 Å². The summed E-state index contributed by atoms with van der Waals surface area (Å²) in [6.45, 7) is 7.53. The van der Waals surface area contributed by atoms with Crippen LogP contribution in [0.4, 0.5) is 0 Å². The quantitative estimate of drug-likeness (QED) is 0.496. The first-order valence-electron chi connectivity index (χ1n) is 9.28. The van der Waals surface area contributed by atoms with Crippen LogP contribution in [0.25, 0.3) is 0 Å². The van der Waals surface area contributed by atoms with Crippen molar-refractivity contribution >= 4 is 23.7 Å². The average Bonchev–Trinajstić information content (AvgIpc) is 2.91. The molecule has 0 radical (unpaired) electrons. The molecule has 1 aliphatic heterocycles. The molecule has 28 heavy (non-hydrogen) atoms. The number of benzene rings is 1. The van der Waals surface area contributed by atoms with E-state index in [1.54, 1.807) is 13.8 Å². The van der Waals surface area contributed by atoms with Crippen molar-refractivity contribution in [1.82, 2.24) is 0 Å². The summed E-state index contributed by atoms with van der Waals surface area (Å²) in [7, 11) is 0. The number of Topliss-reactive ketones (excluding diaryl/α,β-unsaturated/α-hetero) is 1. The van der Waals surface area contributed by atoms with Crippen LogP contribution in [-0.2, 0) is 16.0 Å². The Balaban J connectivity index is 1.98. The predicted octanol–water partition coefficient (Wildman–Crippen LogP) is 4.92. The molecule has 5 nitrogen and oxygen atoms in total. The maximum absolute atomic E-state index is 11.9. The first-order valence-corrected chi connectivity index (χ1v) is 9.66. The third kappa shape index (κ3) is 5.03. The molecule has 1 aromatic rings. The van der Waals surface area contributed by atoms with Gasteiger partial charge in [0.25, 0.3) is 0 Å². The van der Waals surface area contributed by atoms with Crippen molar-refractivity contribution in [3.63, 3.8) is 0 Å². The lowest BCUT2D eigenvalue weighted by Gasteiger charge is -2.18. The number of phenolic OH excluding ortho intramolecular Hbond substituents is 2. The van der Waals surface area contributed by atoms with Crippen LogP contribution < -0.4 is 0 Å². The molecule has 1 aromatic carbocycles. The van der Waals surface area contributed by atoms with Crippen LogP contribution in [0.1, 0.15) is 62.9 Å². The minimum Gasteiger partial charge on any atom is -0.507 e. The third-order valence-corrected chi connectivity index (χ3v) is 5.42. The fourth-order valence-electron chi connectivity index (χ4n) is 3.16. The normalized spacial score (nSPS) is 19.9. The van der Waals surface area contributed by atoms with Gasteiger partial charge in [-0.25, -0.2) is 0 Å². The molecule has 2 N–H and O–H groups in total. The van der Waals surface area contributed by atoms with Crippen molar-refractivity contribution in [3.05, 3.63) is 45.5 Å². The lowest BCUT2D eigenvalue weighted by Crippen LogP contribution is -2.27. The van der Waals surface area contributed by atoms with Crippen molar-refractivity contribution in [2.24, 2.45) is 0 Å². The van der Waals surface area contributed by atoms with Crippen molar-refractivity contribution in [2.45, 2.75) is 65.1 Å². The van der Waals surface area contributed by atoms with E-state index in [1.807, 2.05) is 19.9 Å². The summed E-state index contributed by atoms with van der Waals surface area (Å²) in [6.07, 6.45) is 6.56. The van der Waals surface area contributed by atoms with Crippen LogP contribution in [0.2, 0.25) is 5.02 Å². The van der Waals surface area contributed by atoms with Crippen LogP contribution in [-0.4, -0.2) is 34.0 Å². The molecule has 1 heterocycles. The van der Waals surface area contributed by atoms with Gasteiger partial charge < -0.3 is 14.9 Å². The molecule has 2 rings (SSSR count). The minimum atomic E-state index is -0.711. The van der Waals surface area contributed by atoms with Gasteiger partial charge in [0.2, 0.25) is 0 Å². The molecule has 0 aromatic heterocycles. The van der Waals surface area contributed by atoms with Gasteiger partial charge in [0.15, 0.2) is 12.1 Å². The second-order valence-corrected chi connectivity index (χ2v) is 8.13.